The van der Waals surface area contributed by atoms with Crippen molar-refractivity contribution in [2.24, 2.45) is 4.99 Å². The second-order valence-corrected chi connectivity index (χ2v) is 6.70. The molecule has 0 amide bonds. The minimum atomic E-state index is -3.12. The summed E-state index contributed by atoms with van der Waals surface area (Å²) in [7, 11) is -1.44. The molecule has 21 heavy (non-hydrogen) atoms. The maximum absolute atomic E-state index is 10.9. The summed E-state index contributed by atoms with van der Waals surface area (Å²) in [6, 6.07) is 7.59. The van der Waals surface area contributed by atoms with E-state index in [1.807, 2.05) is 24.3 Å². The van der Waals surface area contributed by atoms with Crippen molar-refractivity contribution in [3.05, 3.63) is 34.9 Å². The molecule has 1 rings (SSSR count). The van der Waals surface area contributed by atoms with Crippen LogP contribution in [0.5, 0.6) is 0 Å². The van der Waals surface area contributed by atoms with Gasteiger partial charge in [0.1, 0.15) is 0 Å². The summed E-state index contributed by atoms with van der Waals surface area (Å²) in [5.41, 5.74) is 0.987. The smallest absolute Gasteiger partial charge is 0.208 e. The molecule has 0 aliphatic carbocycles. The van der Waals surface area contributed by atoms with Crippen LogP contribution < -0.4 is 15.4 Å². The molecule has 0 unspecified atom stereocenters. The van der Waals surface area contributed by atoms with Crippen LogP contribution in [0.1, 0.15) is 12.0 Å². The van der Waals surface area contributed by atoms with Gasteiger partial charge in [0.15, 0.2) is 5.96 Å². The number of nitrogens with one attached hydrogen (secondary N) is 3. The van der Waals surface area contributed by atoms with Crippen molar-refractivity contribution in [2.75, 3.05) is 26.4 Å². The highest BCUT2D eigenvalue weighted by Gasteiger charge is 2.02. The van der Waals surface area contributed by atoms with Crippen molar-refractivity contribution in [3.8, 4) is 0 Å². The second kappa shape index (κ2) is 8.86. The van der Waals surface area contributed by atoms with E-state index in [0.29, 0.717) is 37.0 Å². The van der Waals surface area contributed by atoms with Gasteiger partial charge in [0, 0.05) is 31.7 Å². The quantitative estimate of drug-likeness (QED) is 0.394. The lowest BCUT2D eigenvalue weighted by Crippen LogP contribution is -2.38. The summed E-state index contributed by atoms with van der Waals surface area (Å²) >= 11 is 6.07. The number of hydrogen-bond acceptors (Lipinski definition) is 3. The maximum Gasteiger partial charge on any atom is 0.208 e. The molecule has 0 atom stereocenters. The van der Waals surface area contributed by atoms with E-state index >= 15 is 0 Å². The zero-order chi connectivity index (χ0) is 15.7. The van der Waals surface area contributed by atoms with Crippen molar-refractivity contribution in [3.63, 3.8) is 0 Å². The SMILES string of the molecule is CN=C(NCCCNS(C)(=O)=O)NCc1ccccc1Cl. The predicted molar refractivity (Wildman–Crippen MR) is 87.1 cm³/mol. The van der Waals surface area contributed by atoms with E-state index in [1.54, 1.807) is 7.05 Å². The molecular weight excluding hydrogens is 312 g/mol. The fourth-order valence-electron chi connectivity index (χ4n) is 1.59. The van der Waals surface area contributed by atoms with Gasteiger partial charge in [0.25, 0.3) is 0 Å². The highest BCUT2D eigenvalue weighted by atomic mass is 35.5. The molecule has 0 aliphatic rings. The predicted octanol–water partition coefficient (Wildman–Crippen LogP) is 0.944. The zero-order valence-corrected chi connectivity index (χ0v) is 13.8. The standard InChI is InChI=1S/C13H21ClN4O2S/c1-15-13(16-8-5-9-18-21(2,19)20)17-10-11-6-3-4-7-12(11)14/h3-4,6-7,18H,5,8-10H2,1-2H3,(H2,15,16,17). The first kappa shape index (κ1) is 17.7. The number of rotatable bonds is 7. The monoisotopic (exact) mass is 332 g/mol. The zero-order valence-electron chi connectivity index (χ0n) is 12.2. The lowest BCUT2D eigenvalue weighted by molar-refractivity contribution is 0.584. The summed E-state index contributed by atoms with van der Waals surface area (Å²) in [4.78, 5) is 4.09. The number of aliphatic imine (C=N–C) groups is 1. The van der Waals surface area contributed by atoms with Gasteiger partial charge in [-0.3, -0.25) is 4.99 Å². The van der Waals surface area contributed by atoms with Crippen LogP contribution in [0, 0.1) is 0 Å². The van der Waals surface area contributed by atoms with Gasteiger partial charge in [0.2, 0.25) is 10.0 Å². The molecule has 0 heterocycles. The third kappa shape index (κ3) is 7.89. The Morgan fingerprint density at radius 1 is 1.24 bits per heavy atom. The third-order valence-corrected chi connectivity index (χ3v) is 3.74. The van der Waals surface area contributed by atoms with Gasteiger partial charge in [-0.15, -0.1) is 0 Å². The van der Waals surface area contributed by atoms with E-state index in [1.165, 1.54) is 0 Å². The first-order valence-electron chi connectivity index (χ1n) is 6.55. The summed E-state index contributed by atoms with van der Waals surface area (Å²) in [5.74, 6) is 0.647. The topological polar surface area (TPSA) is 82.6 Å². The molecule has 0 bridgehead atoms. The maximum atomic E-state index is 10.9. The Balaban J connectivity index is 2.28. The first-order chi connectivity index (χ1) is 9.92. The Morgan fingerprint density at radius 2 is 1.95 bits per heavy atom. The number of hydrogen-bond donors (Lipinski definition) is 3. The Labute approximate surface area is 131 Å². The van der Waals surface area contributed by atoms with Gasteiger partial charge >= 0.3 is 0 Å². The molecule has 3 N–H and O–H groups in total. The minimum absolute atomic E-state index is 0.396. The Hall–Kier alpha value is -1.31. The fourth-order valence-corrected chi connectivity index (χ4v) is 2.31. The van der Waals surface area contributed by atoms with Crippen LogP contribution in [0.3, 0.4) is 0 Å². The number of halogens is 1. The number of sulfonamides is 1. The van der Waals surface area contributed by atoms with Crippen molar-refractivity contribution in [1.82, 2.24) is 15.4 Å². The molecule has 8 heteroatoms. The van der Waals surface area contributed by atoms with Crippen LogP contribution in [0.4, 0.5) is 0 Å². The molecule has 0 radical (unpaired) electrons. The molecule has 0 aliphatic heterocycles. The lowest BCUT2D eigenvalue weighted by Gasteiger charge is -2.12. The lowest BCUT2D eigenvalue weighted by atomic mass is 10.2. The molecule has 1 aromatic rings. The molecule has 6 nitrogen and oxygen atoms in total. The molecule has 0 fully saturated rings. The summed E-state index contributed by atoms with van der Waals surface area (Å²) < 4.78 is 24.2. The third-order valence-electron chi connectivity index (χ3n) is 2.64. The Bertz CT molecular complexity index is 575. The van der Waals surface area contributed by atoms with Gasteiger partial charge in [-0.05, 0) is 18.1 Å². The minimum Gasteiger partial charge on any atom is -0.356 e. The van der Waals surface area contributed by atoms with Gasteiger partial charge < -0.3 is 10.6 Å². The number of nitrogens with zero attached hydrogens (tertiary/aromatic N) is 1. The van der Waals surface area contributed by atoms with Gasteiger partial charge in [-0.25, -0.2) is 13.1 Å². The molecule has 1 aromatic carbocycles. The highest BCUT2D eigenvalue weighted by molar-refractivity contribution is 7.88. The summed E-state index contributed by atoms with van der Waals surface area (Å²) in [6.07, 6.45) is 1.81. The average molecular weight is 333 g/mol. The number of benzene rings is 1. The van der Waals surface area contributed by atoms with E-state index < -0.39 is 10.0 Å². The van der Waals surface area contributed by atoms with E-state index in [0.717, 1.165) is 11.8 Å². The highest BCUT2D eigenvalue weighted by Crippen LogP contribution is 2.13. The largest absolute Gasteiger partial charge is 0.356 e. The Kier molecular flexibility index (Phi) is 7.49. The van der Waals surface area contributed by atoms with E-state index in [4.69, 9.17) is 11.6 Å². The van der Waals surface area contributed by atoms with Crippen LogP contribution >= 0.6 is 11.6 Å². The molecular formula is C13H21ClN4O2S. The second-order valence-electron chi connectivity index (χ2n) is 4.46. The number of guanidine groups is 1. The van der Waals surface area contributed by atoms with Gasteiger partial charge in [0.05, 0.1) is 6.26 Å². The van der Waals surface area contributed by atoms with E-state index in [2.05, 4.69) is 20.3 Å². The summed E-state index contributed by atoms with van der Waals surface area (Å²) in [6.45, 7) is 1.58. The molecule has 0 saturated heterocycles. The first-order valence-corrected chi connectivity index (χ1v) is 8.82. The van der Waals surface area contributed by atoms with Crippen LogP contribution in [-0.4, -0.2) is 40.8 Å². The molecule has 118 valence electrons. The van der Waals surface area contributed by atoms with Crippen LogP contribution in [-0.2, 0) is 16.6 Å². The Morgan fingerprint density at radius 3 is 2.57 bits per heavy atom. The summed E-state index contributed by atoms with van der Waals surface area (Å²) in [5, 5.41) is 6.96. The van der Waals surface area contributed by atoms with E-state index in [9.17, 15) is 8.42 Å². The fraction of sp³-hybridized carbons (Fsp3) is 0.462. The molecule has 0 aromatic heterocycles. The van der Waals surface area contributed by atoms with Crippen molar-refractivity contribution in [1.29, 1.82) is 0 Å². The normalized spacial score (nSPS) is 12.2. The van der Waals surface area contributed by atoms with Crippen LogP contribution in [0.15, 0.2) is 29.3 Å². The average Bonchev–Trinajstić information content (AvgIpc) is 2.42. The van der Waals surface area contributed by atoms with Crippen LogP contribution in [0.25, 0.3) is 0 Å². The van der Waals surface area contributed by atoms with Crippen molar-refractivity contribution < 1.29 is 8.42 Å². The molecule has 0 saturated carbocycles. The van der Waals surface area contributed by atoms with Gasteiger partial charge in [-0.1, -0.05) is 29.8 Å². The molecule has 0 spiro atoms. The van der Waals surface area contributed by atoms with Crippen molar-refractivity contribution >= 4 is 27.6 Å². The van der Waals surface area contributed by atoms with E-state index in [-0.39, 0.29) is 0 Å². The van der Waals surface area contributed by atoms with Crippen LogP contribution in [0.2, 0.25) is 5.02 Å². The van der Waals surface area contributed by atoms with Gasteiger partial charge in [-0.2, -0.15) is 0 Å². The van der Waals surface area contributed by atoms with Crippen molar-refractivity contribution in [2.45, 2.75) is 13.0 Å².